The summed E-state index contributed by atoms with van der Waals surface area (Å²) in [5, 5.41) is 7.01. The molecule has 2 amide bonds. The number of aromatic amines is 1. The van der Waals surface area contributed by atoms with Gasteiger partial charge in [-0.05, 0) is 23.8 Å². The Labute approximate surface area is 137 Å². The van der Waals surface area contributed by atoms with Gasteiger partial charge in [0.15, 0.2) is 5.65 Å². The van der Waals surface area contributed by atoms with Crippen LogP contribution in [0.25, 0.3) is 11.0 Å². The summed E-state index contributed by atoms with van der Waals surface area (Å²) in [5.41, 5.74) is 1.47. The monoisotopic (exact) mass is 374 g/mol. The molecule has 0 bridgehead atoms. The minimum atomic E-state index is -0.447. The lowest BCUT2D eigenvalue weighted by molar-refractivity contribution is 0.0642. The Kier molecular flexibility index (Phi) is 3.02. The molecule has 1 aliphatic heterocycles. The van der Waals surface area contributed by atoms with Crippen LogP contribution >= 0.6 is 15.9 Å². The van der Waals surface area contributed by atoms with E-state index in [0.717, 1.165) is 4.90 Å². The number of nitrogens with zero attached hydrogens (tertiary/aromatic N) is 3. The highest BCUT2D eigenvalue weighted by Gasteiger charge is 2.38. The summed E-state index contributed by atoms with van der Waals surface area (Å²) in [6, 6.07) is 4.13. The summed E-state index contributed by atoms with van der Waals surface area (Å²) in [4.78, 5) is 30.3. The van der Waals surface area contributed by atoms with Crippen LogP contribution in [0.3, 0.4) is 0 Å². The third-order valence-corrected chi connectivity index (χ3v) is 4.53. The molecule has 1 N–H and O–H groups in total. The van der Waals surface area contributed by atoms with Crippen LogP contribution in [0.4, 0.5) is 4.39 Å². The summed E-state index contributed by atoms with van der Waals surface area (Å²) in [6.45, 7) is -0.0238. The van der Waals surface area contributed by atoms with Crippen LogP contribution in [0.1, 0.15) is 26.3 Å². The average molecular weight is 375 g/mol. The Balaban J connectivity index is 1.78. The van der Waals surface area contributed by atoms with Crippen molar-refractivity contribution < 1.29 is 14.0 Å². The third-order valence-electron chi connectivity index (χ3n) is 3.75. The van der Waals surface area contributed by atoms with Gasteiger partial charge < -0.3 is 0 Å². The van der Waals surface area contributed by atoms with Crippen molar-refractivity contribution in [2.75, 3.05) is 0 Å². The van der Waals surface area contributed by atoms with Gasteiger partial charge in [-0.1, -0.05) is 15.9 Å². The molecule has 8 heteroatoms. The minimum Gasteiger partial charge on any atom is -0.270 e. The average Bonchev–Trinajstić information content (AvgIpc) is 3.09. The molecular weight excluding hydrogens is 367 g/mol. The molecule has 0 fully saturated rings. The molecule has 3 aromatic rings. The summed E-state index contributed by atoms with van der Waals surface area (Å²) in [7, 11) is 0. The van der Waals surface area contributed by atoms with Gasteiger partial charge in [0.2, 0.25) is 0 Å². The van der Waals surface area contributed by atoms with Crippen LogP contribution in [0.5, 0.6) is 0 Å². The SMILES string of the molecule is O=C1c2cnc3[nH]ncc3c2C(=O)N1Cc1cc(F)ccc1Br. The fourth-order valence-electron chi connectivity index (χ4n) is 2.64. The second-order valence-corrected chi connectivity index (χ2v) is 5.97. The predicted octanol–water partition coefficient (Wildman–Crippen LogP) is 2.66. The van der Waals surface area contributed by atoms with Crippen molar-refractivity contribution in [2.45, 2.75) is 6.54 Å². The van der Waals surface area contributed by atoms with Crippen molar-refractivity contribution in [3.8, 4) is 0 Å². The number of hydrogen-bond donors (Lipinski definition) is 1. The first-order valence-electron chi connectivity index (χ1n) is 6.68. The van der Waals surface area contributed by atoms with E-state index in [4.69, 9.17) is 0 Å². The topological polar surface area (TPSA) is 79.0 Å². The van der Waals surface area contributed by atoms with E-state index < -0.39 is 17.6 Å². The van der Waals surface area contributed by atoms with E-state index in [9.17, 15) is 14.0 Å². The van der Waals surface area contributed by atoms with Crippen molar-refractivity contribution in [1.82, 2.24) is 20.1 Å². The highest BCUT2D eigenvalue weighted by Crippen LogP contribution is 2.30. The number of nitrogens with one attached hydrogen (secondary N) is 1. The zero-order chi connectivity index (χ0) is 16.1. The molecule has 0 aliphatic carbocycles. The lowest BCUT2D eigenvalue weighted by Crippen LogP contribution is -2.29. The number of halogens is 2. The molecule has 1 aromatic carbocycles. The Morgan fingerprint density at radius 1 is 1.22 bits per heavy atom. The molecule has 3 heterocycles. The van der Waals surface area contributed by atoms with Crippen LogP contribution in [0, 0.1) is 5.82 Å². The highest BCUT2D eigenvalue weighted by atomic mass is 79.9. The van der Waals surface area contributed by atoms with Gasteiger partial charge in [0.25, 0.3) is 11.8 Å². The maximum atomic E-state index is 13.4. The van der Waals surface area contributed by atoms with Gasteiger partial charge in [-0.2, -0.15) is 5.10 Å². The van der Waals surface area contributed by atoms with E-state index in [1.807, 2.05) is 0 Å². The number of aromatic nitrogens is 3. The molecule has 1 aliphatic rings. The van der Waals surface area contributed by atoms with Gasteiger partial charge in [-0.15, -0.1) is 0 Å². The van der Waals surface area contributed by atoms with Gasteiger partial charge in [-0.25, -0.2) is 9.37 Å². The molecule has 23 heavy (non-hydrogen) atoms. The number of rotatable bonds is 2. The number of amides is 2. The summed E-state index contributed by atoms with van der Waals surface area (Å²) in [5.74, 6) is -1.31. The standard InChI is InChI=1S/C15H8BrFN4O2/c16-11-2-1-8(17)3-7(11)6-21-14(22)10-4-18-13-9(5-19-20-13)12(10)15(21)23/h1-5H,6H2,(H,18,19,20). The second-order valence-electron chi connectivity index (χ2n) is 5.11. The normalized spacial score (nSPS) is 13.9. The summed E-state index contributed by atoms with van der Waals surface area (Å²) < 4.78 is 14.0. The summed E-state index contributed by atoms with van der Waals surface area (Å²) in [6.07, 6.45) is 2.82. The molecule has 114 valence electrons. The largest absolute Gasteiger partial charge is 0.270 e. The smallest absolute Gasteiger partial charge is 0.263 e. The molecule has 0 atom stereocenters. The quantitative estimate of drug-likeness (QED) is 0.699. The van der Waals surface area contributed by atoms with Gasteiger partial charge >= 0.3 is 0 Å². The van der Waals surface area contributed by atoms with Crippen molar-refractivity contribution in [1.29, 1.82) is 0 Å². The molecular formula is C15H8BrFN4O2. The number of hydrogen-bond acceptors (Lipinski definition) is 4. The zero-order valence-corrected chi connectivity index (χ0v) is 13.1. The number of imide groups is 1. The van der Waals surface area contributed by atoms with E-state index >= 15 is 0 Å². The van der Waals surface area contributed by atoms with E-state index in [-0.39, 0.29) is 17.7 Å². The lowest BCUT2D eigenvalue weighted by Gasteiger charge is -2.15. The number of carbonyl (C=O) groups excluding carboxylic acids is 2. The van der Waals surface area contributed by atoms with Gasteiger partial charge in [0.1, 0.15) is 5.82 Å². The van der Waals surface area contributed by atoms with Crippen LogP contribution < -0.4 is 0 Å². The number of carbonyl (C=O) groups is 2. The first-order valence-corrected chi connectivity index (χ1v) is 7.48. The van der Waals surface area contributed by atoms with Crippen LogP contribution in [-0.4, -0.2) is 31.9 Å². The second kappa shape index (κ2) is 4.95. The lowest BCUT2D eigenvalue weighted by atomic mass is 10.1. The fraction of sp³-hybridized carbons (Fsp3) is 0.0667. The predicted molar refractivity (Wildman–Crippen MR) is 82.2 cm³/mol. The number of benzene rings is 1. The minimum absolute atomic E-state index is 0.0238. The maximum absolute atomic E-state index is 13.4. The molecule has 0 unspecified atom stereocenters. The number of H-pyrrole nitrogens is 1. The van der Waals surface area contributed by atoms with Crippen molar-refractivity contribution in [3.63, 3.8) is 0 Å². The van der Waals surface area contributed by atoms with Crippen molar-refractivity contribution in [3.05, 3.63) is 57.6 Å². The first-order chi connectivity index (χ1) is 11.1. The van der Waals surface area contributed by atoms with Gasteiger partial charge in [-0.3, -0.25) is 19.6 Å². The van der Waals surface area contributed by atoms with E-state index in [0.29, 0.717) is 21.1 Å². The molecule has 0 radical (unpaired) electrons. The number of pyridine rings is 1. The van der Waals surface area contributed by atoms with E-state index in [2.05, 4.69) is 31.1 Å². The van der Waals surface area contributed by atoms with Gasteiger partial charge in [0, 0.05) is 10.7 Å². The Morgan fingerprint density at radius 3 is 2.87 bits per heavy atom. The Bertz CT molecular complexity index is 985. The highest BCUT2D eigenvalue weighted by molar-refractivity contribution is 9.10. The Morgan fingerprint density at radius 2 is 2.04 bits per heavy atom. The first kappa shape index (κ1) is 14.0. The van der Waals surface area contributed by atoms with Crippen LogP contribution in [0.2, 0.25) is 0 Å². The Hall–Kier alpha value is -2.61. The van der Waals surface area contributed by atoms with Crippen LogP contribution in [0.15, 0.2) is 35.1 Å². The maximum Gasteiger partial charge on any atom is 0.263 e. The van der Waals surface area contributed by atoms with Gasteiger partial charge in [0.05, 0.1) is 29.3 Å². The molecule has 0 saturated carbocycles. The molecule has 4 rings (SSSR count). The fourth-order valence-corrected chi connectivity index (χ4v) is 3.02. The molecule has 6 nitrogen and oxygen atoms in total. The van der Waals surface area contributed by atoms with Crippen molar-refractivity contribution >= 4 is 38.8 Å². The van der Waals surface area contributed by atoms with E-state index in [1.165, 1.54) is 24.5 Å². The van der Waals surface area contributed by atoms with E-state index in [1.54, 1.807) is 6.07 Å². The molecule has 0 saturated heterocycles. The third kappa shape index (κ3) is 2.06. The summed E-state index contributed by atoms with van der Waals surface area (Å²) >= 11 is 3.30. The van der Waals surface area contributed by atoms with Crippen LogP contribution in [-0.2, 0) is 6.54 Å². The zero-order valence-electron chi connectivity index (χ0n) is 11.5. The molecule has 0 spiro atoms. The van der Waals surface area contributed by atoms with Crippen molar-refractivity contribution in [2.24, 2.45) is 0 Å². The number of fused-ring (bicyclic) bond motifs is 3. The molecule has 2 aromatic heterocycles.